The smallest absolute Gasteiger partial charge is 0.239 e. The Kier molecular flexibility index (Phi) is 8.27. The summed E-state index contributed by atoms with van der Waals surface area (Å²) in [6.07, 6.45) is 4.28. The highest BCUT2D eigenvalue weighted by Crippen LogP contribution is 2.17. The number of anilines is 1. The molecule has 20 heavy (non-hydrogen) atoms. The summed E-state index contributed by atoms with van der Waals surface area (Å²) in [6, 6.07) is 7.72. The van der Waals surface area contributed by atoms with Crippen LogP contribution in [-0.4, -0.2) is 25.6 Å². The number of unbranched alkanes of at least 4 members (excludes halogenated alkanes) is 2. The Morgan fingerprint density at radius 1 is 1.20 bits per heavy atom. The highest BCUT2D eigenvalue weighted by atomic mass is 16.5. The Hall–Kier alpha value is -1.71. The number of benzene rings is 1. The maximum Gasteiger partial charge on any atom is 0.239 e. The Balaban J connectivity index is 2.32. The van der Waals surface area contributed by atoms with Gasteiger partial charge in [0.25, 0.3) is 0 Å². The number of nitrogens with one attached hydrogen (secondary N) is 2. The van der Waals surface area contributed by atoms with Crippen LogP contribution in [0, 0.1) is 0 Å². The summed E-state index contributed by atoms with van der Waals surface area (Å²) in [5.41, 5.74) is 0.907. The molecule has 2 N–H and O–H groups in total. The van der Waals surface area contributed by atoms with E-state index in [-0.39, 0.29) is 5.91 Å². The van der Waals surface area contributed by atoms with Crippen molar-refractivity contribution in [2.24, 2.45) is 0 Å². The van der Waals surface area contributed by atoms with Crippen molar-refractivity contribution in [3.8, 4) is 5.75 Å². The van der Waals surface area contributed by atoms with Crippen molar-refractivity contribution in [1.82, 2.24) is 5.32 Å². The fourth-order valence-electron chi connectivity index (χ4n) is 1.68. The van der Waals surface area contributed by atoms with Crippen molar-refractivity contribution in [3.63, 3.8) is 0 Å². The van der Waals surface area contributed by atoms with E-state index < -0.39 is 0 Å². The minimum atomic E-state index is 0.0238. The first-order chi connectivity index (χ1) is 9.76. The third kappa shape index (κ3) is 7.02. The topological polar surface area (TPSA) is 50.4 Å². The molecule has 0 heterocycles. The average Bonchev–Trinajstić information content (AvgIpc) is 2.46. The summed E-state index contributed by atoms with van der Waals surface area (Å²) < 4.78 is 5.63. The molecule has 1 aromatic carbocycles. The van der Waals surface area contributed by atoms with Crippen LogP contribution in [0.2, 0.25) is 0 Å². The van der Waals surface area contributed by atoms with Crippen LogP contribution in [-0.2, 0) is 4.79 Å². The summed E-state index contributed by atoms with van der Waals surface area (Å²) in [5, 5.41) is 5.99. The van der Waals surface area contributed by atoms with Crippen LogP contribution < -0.4 is 15.4 Å². The lowest BCUT2D eigenvalue weighted by Crippen LogP contribution is -2.30. The maximum atomic E-state index is 11.6. The molecule has 0 fully saturated rings. The first kappa shape index (κ1) is 16.3. The molecule has 4 heteroatoms. The number of rotatable bonds is 10. The number of hydrogen-bond donors (Lipinski definition) is 2. The lowest BCUT2D eigenvalue weighted by molar-refractivity contribution is -0.119. The van der Waals surface area contributed by atoms with Crippen molar-refractivity contribution in [1.29, 1.82) is 0 Å². The molecule has 0 bridgehead atoms. The molecule has 0 saturated carbocycles. The van der Waals surface area contributed by atoms with E-state index >= 15 is 0 Å². The van der Waals surface area contributed by atoms with Gasteiger partial charge in [-0.15, -0.1) is 0 Å². The molecule has 0 unspecified atom stereocenters. The normalized spacial score (nSPS) is 10.1. The molecule has 1 aromatic rings. The Morgan fingerprint density at radius 2 is 2.00 bits per heavy atom. The lowest BCUT2D eigenvalue weighted by Gasteiger charge is -2.10. The zero-order chi connectivity index (χ0) is 14.6. The largest absolute Gasteiger partial charge is 0.494 e. The Bertz CT molecular complexity index is 394. The molecular weight excluding hydrogens is 252 g/mol. The zero-order valence-electron chi connectivity index (χ0n) is 12.6. The molecule has 0 radical (unpaired) electrons. The van der Waals surface area contributed by atoms with E-state index in [1.807, 2.05) is 24.3 Å². The van der Waals surface area contributed by atoms with E-state index in [2.05, 4.69) is 24.5 Å². The van der Waals surface area contributed by atoms with Gasteiger partial charge >= 0.3 is 0 Å². The van der Waals surface area contributed by atoms with Crippen molar-refractivity contribution in [2.45, 2.75) is 39.5 Å². The fourth-order valence-corrected chi connectivity index (χ4v) is 1.68. The molecule has 0 aliphatic rings. The molecule has 112 valence electrons. The molecule has 4 nitrogen and oxygen atoms in total. The third-order valence-corrected chi connectivity index (χ3v) is 2.91. The summed E-state index contributed by atoms with van der Waals surface area (Å²) in [4.78, 5) is 11.6. The van der Waals surface area contributed by atoms with Crippen LogP contribution in [0.1, 0.15) is 39.5 Å². The van der Waals surface area contributed by atoms with Gasteiger partial charge in [0.2, 0.25) is 5.91 Å². The van der Waals surface area contributed by atoms with Crippen LogP contribution in [0.3, 0.4) is 0 Å². The third-order valence-electron chi connectivity index (χ3n) is 2.91. The van der Waals surface area contributed by atoms with Crippen molar-refractivity contribution < 1.29 is 9.53 Å². The molecule has 0 aliphatic carbocycles. The first-order valence-corrected chi connectivity index (χ1v) is 7.49. The molecule has 0 aliphatic heterocycles. The Labute approximate surface area is 121 Å². The van der Waals surface area contributed by atoms with Crippen molar-refractivity contribution >= 4 is 11.6 Å². The summed E-state index contributed by atoms with van der Waals surface area (Å²) in [7, 11) is 0. The Morgan fingerprint density at radius 3 is 2.75 bits per heavy atom. The van der Waals surface area contributed by atoms with Gasteiger partial charge in [0.05, 0.1) is 13.2 Å². The predicted octanol–water partition coefficient (Wildman–Crippen LogP) is 3.19. The number of carbonyl (C=O) groups is 1. The zero-order valence-corrected chi connectivity index (χ0v) is 12.6. The molecule has 0 saturated heterocycles. The monoisotopic (exact) mass is 278 g/mol. The molecule has 0 aromatic heterocycles. The van der Waals surface area contributed by atoms with E-state index in [9.17, 15) is 4.79 Å². The van der Waals surface area contributed by atoms with E-state index in [0.717, 1.165) is 50.3 Å². The second kappa shape index (κ2) is 10.1. The van der Waals surface area contributed by atoms with Crippen LogP contribution in [0.4, 0.5) is 5.69 Å². The van der Waals surface area contributed by atoms with Crippen LogP contribution in [0.15, 0.2) is 24.3 Å². The van der Waals surface area contributed by atoms with Gasteiger partial charge in [-0.3, -0.25) is 4.79 Å². The van der Waals surface area contributed by atoms with Gasteiger partial charge < -0.3 is 15.4 Å². The number of ether oxygens (including phenoxy) is 1. The molecular formula is C16H26N2O2. The van der Waals surface area contributed by atoms with E-state index in [0.29, 0.717) is 6.54 Å². The summed E-state index contributed by atoms with van der Waals surface area (Å²) in [6.45, 7) is 6.02. The van der Waals surface area contributed by atoms with Gasteiger partial charge in [0.15, 0.2) is 0 Å². The molecule has 0 spiro atoms. The second-order valence-corrected chi connectivity index (χ2v) is 4.79. The van der Waals surface area contributed by atoms with Gasteiger partial charge in [-0.2, -0.15) is 0 Å². The quantitative estimate of drug-likeness (QED) is 0.646. The van der Waals surface area contributed by atoms with E-state index in [4.69, 9.17) is 4.74 Å². The van der Waals surface area contributed by atoms with Gasteiger partial charge in [0, 0.05) is 18.3 Å². The van der Waals surface area contributed by atoms with Gasteiger partial charge in [0.1, 0.15) is 5.75 Å². The van der Waals surface area contributed by atoms with Gasteiger partial charge in [-0.25, -0.2) is 0 Å². The SMILES string of the molecule is CCCCNC(=O)CNc1cccc(OCCCC)c1. The van der Waals surface area contributed by atoms with E-state index in [1.54, 1.807) is 0 Å². The highest BCUT2D eigenvalue weighted by Gasteiger charge is 2.01. The van der Waals surface area contributed by atoms with Crippen molar-refractivity contribution in [3.05, 3.63) is 24.3 Å². The minimum absolute atomic E-state index is 0.0238. The predicted molar refractivity (Wildman–Crippen MR) is 83.3 cm³/mol. The number of amides is 1. The summed E-state index contributed by atoms with van der Waals surface area (Å²) >= 11 is 0. The minimum Gasteiger partial charge on any atom is -0.494 e. The first-order valence-electron chi connectivity index (χ1n) is 7.49. The van der Waals surface area contributed by atoms with Gasteiger partial charge in [-0.05, 0) is 25.0 Å². The number of carbonyl (C=O) groups excluding carboxylic acids is 1. The molecule has 0 atom stereocenters. The lowest BCUT2D eigenvalue weighted by atomic mass is 10.3. The molecule has 1 rings (SSSR count). The standard InChI is InChI=1S/C16H26N2O2/c1-3-5-10-17-16(19)13-18-14-8-7-9-15(12-14)20-11-6-4-2/h7-9,12,18H,3-6,10-11,13H2,1-2H3,(H,17,19). The van der Waals surface area contributed by atoms with Crippen LogP contribution in [0.5, 0.6) is 5.75 Å². The number of hydrogen-bond acceptors (Lipinski definition) is 3. The highest BCUT2D eigenvalue weighted by molar-refractivity contribution is 5.80. The fraction of sp³-hybridized carbons (Fsp3) is 0.562. The maximum absolute atomic E-state index is 11.6. The second-order valence-electron chi connectivity index (χ2n) is 4.79. The van der Waals surface area contributed by atoms with Crippen LogP contribution in [0.25, 0.3) is 0 Å². The van der Waals surface area contributed by atoms with Gasteiger partial charge in [-0.1, -0.05) is 32.8 Å². The van der Waals surface area contributed by atoms with Crippen molar-refractivity contribution in [2.75, 3.05) is 25.0 Å². The van der Waals surface area contributed by atoms with E-state index in [1.165, 1.54) is 0 Å². The molecule has 1 amide bonds. The summed E-state index contributed by atoms with van der Waals surface area (Å²) in [5.74, 6) is 0.866. The van der Waals surface area contributed by atoms with Crippen LogP contribution >= 0.6 is 0 Å². The average molecular weight is 278 g/mol.